The third kappa shape index (κ3) is 5.20. The average molecular weight is 402 g/mol. The largest absolute Gasteiger partial charge is 0.457 e. The van der Waals surface area contributed by atoms with Crippen molar-refractivity contribution in [2.45, 2.75) is 0 Å². The first kappa shape index (κ1) is 18.7. The van der Waals surface area contributed by atoms with Crippen molar-refractivity contribution in [3.05, 3.63) is 77.0 Å². The Labute approximate surface area is 165 Å². The summed E-state index contributed by atoms with van der Waals surface area (Å²) >= 11 is 11.8. The Balaban J connectivity index is 1.60. The number of rotatable bonds is 4. The highest BCUT2D eigenvalue weighted by Gasteiger charge is 2.15. The highest BCUT2D eigenvalue weighted by atomic mass is 35.5. The minimum atomic E-state index is -0.865. The van der Waals surface area contributed by atoms with Gasteiger partial charge in [0.15, 0.2) is 0 Å². The number of hydrogen-bond donors (Lipinski definition) is 2. The Morgan fingerprint density at radius 1 is 0.815 bits per heavy atom. The first-order chi connectivity index (χ1) is 13.0. The van der Waals surface area contributed by atoms with E-state index in [-0.39, 0.29) is 10.7 Å². The first-order valence-corrected chi connectivity index (χ1v) is 8.52. The standard InChI is InChI=1S/C19H13Cl2N3O3/c20-12-1-6-16(21)17(11-12)24-19(26)18(25)23-13-2-4-14(5-3-13)27-15-7-9-22-10-8-15/h1-11H,(H,23,25)(H,24,26). The number of aromatic nitrogens is 1. The number of hydrogen-bond acceptors (Lipinski definition) is 4. The van der Waals surface area contributed by atoms with Crippen molar-refractivity contribution < 1.29 is 14.3 Å². The number of anilines is 2. The van der Waals surface area contributed by atoms with Crippen LogP contribution in [0.1, 0.15) is 0 Å². The van der Waals surface area contributed by atoms with Crippen LogP contribution in [0.4, 0.5) is 11.4 Å². The van der Waals surface area contributed by atoms with Crippen LogP contribution >= 0.6 is 23.2 Å². The predicted molar refractivity (Wildman–Crippen MR) is 104 cm³/mol. The molecule has 136 valence electrons. The van der Waals surface area contributed by atoms with Crippen LogP contribution in [0, 0.1) is 0 Å². The number of halogens is 2. The van der Waals surface area contributed by atoms with Crippen LogP contribution < -0.4 is 15.4 Å². The van der Waals surface area contributed by atoms with E-state index in [9.17, 15) is 9.59 Å². The normalized spacial score (nSPS) is 10.1. The molecule has 3 rings (SSSR count). The van der Waals surface area contributed by atoms with Crippen LogP contribution in [0.2, 0.25) is 10.0 Å². The van der Waals surface area contributed by atoms with Crippen molar-refractivity contribution in [1.82, 2.24) is 4.98 Å². The first-order valence-electron chi connectivity index (χ1n) is 7.76. The summed E-state index contributed by atoms with van der Waals surface area (Å²) in [5.74, 6) is -0.487. The summed E-state index contributed by atoms with van der Waals surface area (Å²) in [5, 5.41) is 5.58. The number of pyridine rings is 1. The average Bonchev–Trinajstić information content (AvgIpc) is 2.67. The molecule has 1 heterocycles. The number of nitrogens with zero attached hydrogens (tertiary/aromatic N) is 1. The third-order valence-corrected chi connectivity index (χ3v) is 3.95. The summed E-state index contributed by atoms with van der Waals surface area (Å²) in [6, 6.07) is 14.6. The van der Waals surface area contributed by atoms with Gasteiger partial charge in [0.2, 0.25) is 0 Å². The summed E-state index contributed by atoms with van der Waals surface area (Å²) < 4.78 is 5.63. The van der Waals surface area contributed by atoms with Gasteiger partial charge in [-0.2, -0.15) is 0 Å². The van der Waals surface area contributed by atoms with Crippen molar-refractivity contribution in [1.29, 1.82) is 0 Å². The molecule has 3 aromatic rings. The smallest absolute Gasteiger partial charge is 0.314 e. The zero-order valence-electron chi connectivity index (χ0n) is 13.8. The number of carbonyl (C=O) groups excluding carboxylic acids is 2. The topological polar surface area (TPSA) is 80.3 Å². The van der Waals surface area contributed by atoms with Gasteiger partial charge in [0.25, 0.3) is 0 Å². The van der Waals surface area contributed by atoms with Crippen LogP contribution in [0.15, 0.2) is 67.0 Å². The summed E-state index contributed by atoms with van der Waals surface area (Å²) in [7, 11) is 0. The number of ether oxygens (including phenoxy) is 1. The second-order valence-electron chi connectivity index (χ2n) is 5.34. The van der Waals surface area contributed by atoms with Gasteiger partial charge in [0, 0.05) is 23.1 Å². The molecule has 1 aromatic heterocycles. The molecule has 0 atom stereocenters. The van der Waals surface area contributed by atoms with Gasteiger partial charge in [-0.25, -0.2) is 0 Å². The Morgan fingerprint density at radius 3 is 2.15 bits per heavy atom. The molecule has 2 amide bonds. The van der Waals surface area contributed by atoms with Gasteiger partial charge in [0.05, 0.1) is 10.7 Å². The Kier molecular flexibility index (Phi) is 5.90. The molecule has 2 N–H and O–H groups in total. The van der Waals surface area contributed by atoms with E-state index in [0.717, 1.165) is 0 Å². The summed E-state index contributed by atoms with van der Waals surface area (Å²) in [6.07, 6.45) is 3.24. The maximum absolute atomic E-state index is 12.1. The van der Waals surface area contributed by atoms with Crippen molar-refractivity contribution in [3.8, 4) is 11.5 Å². The fourth-order valence-electron chi connectivity index (χ4n) is 2.11. The monoisotopic (exact) mass is 401 g/mol. The Hall–Kier alpha value is -3.09. The van der Waals surface area contributed by atoms with E-state index in [1.807, 2.05) is 0 Å². The van der Waals surface area contributed by atoms with E-state index >= 15 is 0 Å². The van der Waals surface area contributed by atoms with E-state index in [1.165, 1.54) is 12.1 Å². The molecular weight excluding hydrogens is 389 g/mol. The van der Waals surface area contributed by atoms with Crippen LogP contribution in [0.5, 0.6) is 11.5 Å². The predicted octanol–water partition coefficient (Wildman–Crippen LogP) is 4.76. The zero-order chi connectivity index (χ0) is 19.2. The van der Waals surface area contributed by atoms with Crippen molar-refractivity contribution in [2.75, 3.05) is 10.6 Å². The van der Waals surface area contributed by atoms with Crippen molar-refractivity contribution >= 4 is 46.4 Å². The third-order valence-electron chi connectivity index (χ3n) is 3.38. The molecule has 0 aliphatic heterocycles. The second kappa shape index (κ2) is 8.53. The lowest BCUT2D eigenvalue weighted by atomic mass is 10.3. The van der Waals surface area contributed by atoms with Gasteiger partial charge in [-0.15, -0.1) is 0 Å². The van der Waals surface area contributed by atoms with Crippen molar-refractivity contribution in [3.63, 3.8) is 0 Å². The van der Waals surface area contributed by atoms with Crippen molar-refractivity contribution in [2.24, 2.45) is 0 Å². The van der Waals surface area contributed by atoms with Gasteiger partial charge >= 0.3 is 11.8 Å². The summed E-state index contributed by atoms with van der Waals surface area (Å²) in [5.41, 5.74) is 0.694. The molecule has 2 aromatic carbocycles. The molecule has 0 saturated carbocycles. The number of amides is 2. The molecule has 0 fully saturated rings. The van der Waals surface area contributed by atoms with Crippen LogP contribution in [-0.2, 0) is 9.59 Å². The minimum absolute atomic E-state index is 0.255. The van der Waals surface area contributed by atoms with Gasteiger partial charge in [-0.05, 0) is 54.6 Å². The molecule has 0 unspecified atom stereocenters. The molecule has 0 saturated heterocycles. The van der Waals surface area contributed by atoms with Gasteiger partial charge in [-0.1, -0.05) is 23.2 Å². The molecule has 0 spiro atoms. The van der Waals surface area contributed by atoms with E-state index < -0.39 is 11.8 Å². The van der Waals surface area contributed by atoms with E-state index in [0.29, 0.717) is 22.2 Å². The quantitative estimate of drug-likeness (QED) is 0.617. The zero-order valence-corrected chi connectivity index (χ0v) is 15.3. The van der Waals surface area contributed by atoms with E-state index in [1.54, 1.807) is 54.9 Å². The molecule has 0 aliphatic rings. The van der Waals surface area contributed by atoms with Gasteiger partial charge in [-0.3, -0.25) is 14.6 Å². The molecule has 0 radical (unpaired) electrons. The van der Waals surface area contributed by atoms with Crippen LogP contribution in [0.3, 0.4) is 0 Å². The minimum Gasteiger partial charge on any atom is -0.457 e. The van der Waals surface area contributed by atoms with E-state index in [4.69, 9.17) is 27.9 Å². The fourth-order valence-corrected chi connectivity index (χ4v) is 2.45. The Morgan fingerprint density at radius 2 is 1.44 bits per heavy atom. The van der Waals surface area contributed by atoms with Gasteiger partial charge < -0.3 is 15.4 Å². The molecule has 6 nitrogen and oxygen atoms in total. The lowest BCUT2D eigenvalue weighted by Crippen LogP contribution is -2.29. The Bertz CT molecular complexity index is 964. The molecule has 8 heteroatoms. The maximum Gasteiger partial charge on any atom is 0.314 e. The maximum atomic E-state index is 12.1. The summed E-state index contributed by atoms with van der Waals surface area (Å²) in [6.45, 7) is 0. The number of benzene rings is 2. The van der Waals surface area contributed by atoms with E-state index in [2.05, 4.69) is 15.6 Å². The molecule has 0 aliphatic carbocycles. The highest BCUT2D eigenvalue weighted by Crippen LogP contribution is 2.25. The molecular formula is C19H13Cl2N3O3. The second-order valence-corrected chi connectivity index (χ2v) is 6.19. The van der Waals surface area contributed by atoms with Crippen LogP contribution in [-0.4, -0.2) is 16.8 Å². The summed E-state index contributed by atoms with van der Waals surface area (Å²) in [4.78, 5) is 28.0. The SMILES string of the molecule is O=C(Nc1ccc(Oc2ccncc2)cc1)C(=O)Nc1cc(Cl)ccc1Cl. The highest BCUT2D eigenvalue weighted by molar-refractivity contribution is 6.45. The van der Waals surface area contributed by atoms with Crippen LogP contribution in [0.25, 0.3) is 0 Å². The van der Waals surface area contributed by atoms with Gasteiger partial charge in [0.1, 0.15) is 11.5 Å². The lowest BCUT2D eigenvalue weighted by Gasteiger charge is -2.09. The fraction of sp³-hybridized carbons (Fsp3) is 0. The lowest BCUT2D eigenvalue weighted by molar-refractivity contribution is -0.132. The number of carbonyl (C=O) groups is 2. The molecule has 0 bridgehead atoms. The molecule has 27 heavy (non-hydrogen) atoms. The number of nitrogens with one attached hydrogen (secondary N) is 2.